The largest absolute Gasteiger partial charge is 0.481 e. The Morgan fingerprint density at radius 1 is 1.45 bits per heavy atom. The molecule has 3 atom stereocenters. The van der Waals surface area contributed by atoms with E-state index >= 15 is 0 Å². The number of amides is 2. The van der Waals surface area contributed by atoms with Crippen LogP contribution in [0.3, 0.4) is 0 Å². The van der Waals surface area contributed by atoms with Gasteiger partial charge in [-0.25, -0.2) is 4.79 Å². The van der Waals surface area contributed by atoms with Gasteiger partial charge in [-0.2, -0.15) is 11.8 Å². The summed E-state index contributed by atoms with van der Waals surface area (Å²) < 4.78 is 5.28. The van der Waals surface area contributed by atoms with Gasteiger partial charge in [0.15, 0.2) is 0 Å². The highest BCUT2D eigenvalue weighted by atomic mass is 32.2. The molecule has 7 heteroatoms. The van der Waals surface area contributed by atoms with Crippen LogP contribution >= 0.6 is 11.8 Å². The highest BCUT2D eigenvalue weighted by molar-refractivity contribution is 7.99. The van der Waals surface area contributed by atoms with Crippen LogP contribution in [0.25, 0.3) is 0 Å². The molecular weight excluding hydrogens is 280 g/mol. The third-order valence-corrected chi connectivity index (χ3v) is 5.16. The number of likely N-dealkylation sites (N-methyl/N-ethyl adjacent to an activating group) is 1. The first-order valence-electron chi connectivity index (χ1n) is 7.01. The lowest BCUT2D eigenvalue weighted by molar-refractivity contribution is -0.142. The van der Waals surface area contributed by atoms with E-state index < -0.39 is 11.9 Å². The van der Waals surface area contributed by atoms with Crippen molar-refractivity contribution < 1.29 is 19.4 Å². The van der Waals surface area contributed by atoms with Crippen molar-refractivity contribution in [2.45, 2.75) is 25.9 Å². The molecule has 0 radical (unpaired) electrons. The summed E-state index contributed by atoms with van der Waals surface area (Å²) >= 11 is 1.85. The van der Waals surface area contributed by atoms with Crippen LogP contribution in [-0.2, 0) is 9.53 Å². The van der Waals surface area contributed by atoms with E-state index in [1.54, 1.807) is 4.90 Å². The standard InChI is InChI=1S/C13H22N2O4S/c1-3-14(11-7-19-6-10(11)12(16)17)13(18)15-4-5-20-8-9(15)2/h9-11H,3-8H2,1-2H3,(H,16,17). The van der Waals surface area contributed by atoms with Gasteiger partial charge >= 0.3 is 12.0 Å². The van der Waals surface area contributed by atoms with Gasteiger partial charge in [-0.1, -0.05) is 0 Å². The van der Waals surface area contributed by atoms with Crippen LogP contribution in [-0.4, -0.2) is 76.8 Å². The van der Waals surface area contributed by atoms with Gasteiger partial charge < -0.3 is 19.6 Å². The van der Waals surface area contributed by atoms with Gasteiger partial charge in [-0.3, -0.25) is 4.79 Å². The Morgan fingerprint density at radius 2 is 2.20 bits per heavy atom. The first kappa shape index (κ1) is 15.4. The quantitative estimate of drug-likeness (QED) is 0.841. The molecule has 1 N–H and O–H groups in total. The van der Waals surface area contributed by atoms with Crippen molar-refractivity contribution in [3.8, 4) is 0 Å². The van der Waals surface area contributed by atoms with Crippen molar-refractivity contribution in [3.05, 3.63) is 0 Å². The summed E-state index contributed by atoms with van der Waals surface area (Å²) in [5.74, 6) is 0.374. The van der Waals surface area contributed by atoms with E-state index in [1.807, 2.05) is 30.5 Å². The summed E-state index contributed by atoms with van der Waals surface area (Å²) in [6.45, 7) is 5.67. The zero-order chi connectivity index (χ0) is 14.7. The van der Waals surface area contributed by atoms with E-state index in [-0.39, 0.29) is 24.7 Å². The minimum atomic E-state index is -0.888. The number of thioether (sulfide) groups is 1. The molecular formula is C13H22N2O4S. The van der Waals surface area contributed by atoms with Crippen molar-refractivity contribution in [2.75, 3.05) is 37.8 Å². The normalized spacial score (nSPS) is 30.3. The molecule has 2 amide bonds. The highest BCUT2D eigenvalue weighted by Gasteiger charge is 2.41. The molecule has 3 unspecified atom stereocenters. The Balaban J connectivity index is 2.10. The maximum absolute atomic E-state index is 12.7. The minimum Gasteiger partial charge on any atom is -0.481 e. The molecule has 2 rings (SSSR count). The van der Waals surface area contributed by atoms with E-state index in [0.717, 1.165) is 18.1 Å². The van der Waals surface area contributed by atoms with Crippen LogP contribution in [0.4, 0.5) is 4.79 Å². The van der Waals surface area contributed by atoms with Crippen LogP contribution in [0, 0.1) is 5.92 Å². The molecule has 2 heterocycles. The van der Waals surface area contributed by atoms with E-state index in [1.165, 1.54) is 0 Å². The molecule has 6 nitrogen and oxygen atoms in total. The van der Waals surface area contributed by atoms with Crippen LogP contribution in [0.2, 0.25) is 0 Å². The molecule has 0 bridgehead atoms. The molecule has 0 spiro atoms. The summed E-state index contributed by atoms with van der Waals surface area (Å²) in [5, 5.41) is 9.24. The molecule has 114 valence electrons. The Morgan fingerprint density at radius 3 is 2.80 bits per heavy atom. The van der Waals surface area contributed by atoms with Gasteiger partial charge in [0.1, 0.15) is 5.92 Å². The van der Waals surface area contributed by atoms with Gasteiger partial charge in [0, 0.05) is 30.6 Å². The number of aliphatic carboxylic acids is 1. The number of carboxylic acid groups (broad SMARTS) is 1. The van der Waals surface area contributed by atoms with E-state index in [2.05, 4.69) is 0 Å². The van der Waals surface area contributed by atoms with Gasteiger partial charge in [0.2, 0.25) is 0 Å². The van der Waals surface area contributed by atoms with Gasteiger partial charge in [0.05, 0.1) is 19.3 Å². The predicted octanol–water partition coefficient (Wildman–Crippen LogP) is 0.965. The first-order chi connectivity index (χ1) is 9.56. The zero-order valence-corrected chi connectivity index (χ0v) is 12.8. The Kier molecular flexibility index (Phi) is 5.15. The summed E-state index contributed by atoms with van der Waals surface area (Å²) in [5.41, 5.74) is 0. The SMILES string of the molecule is CCN(C(=O)N1CCSCC1C)C1COCC1C(=O)O. The molecule has 2 aliphatic rings. The fourth-order valence-corrected chi connectivity index (χ4v) is 3.79. The Bertz CT molecular complexity index is 379. The predicted molar refractivity (Wildman–Crippen MR) is 77.0 cm³/mol. The van der Waals surface area contributed by atoms with Crippen LogP contribution in [0.1, 0.15) is 13.8 Å². The number of ether oxygens (including phenoxy) is 1. The molecule has 2 fully saturated rings. The summed E-state index contributed by atoms with van der Waals surface area (Å²) in [7, 11) is 0. The van der Waals surface area contributed by atoms with Crippen LogP contribution in [0.15, 0.2) is 0 Å². The van der Waals surface area contributed by atoms with Crippen LogP contribution < -0.4 is 0 Å². The van der Waals surface area contributed by atoms with Gasteiger partial charge in [0.25, 0.3) is 0 Å². The lowest BCUT2D eigenvalue weighted by Gasteiger charge is -2.39. The van der Waals surface area contributed by atoms with Gasteiger partial charge in [-0.15, -0.1) is 0 Å². The molecule has 0 saturated carbocycles. The van der Waals surface area contributed by atoms with Gasteiger partial charge in [-0.05, 0) is 13.8 Å². The van der Waals surface area contributed by atoms with Crippen molar-refractivity contribution in [2.24, 2.45) is 5.92 Å². The molecule has 0 aromatic rings. The van der Waals surface area contributed by atoms with E-state index in [0.29, 0.717) is 13.2 Å². The zero-order valence-electron chi connectivity index (χ0n) is 11.9. The second kappa shape index (κ2) is 6.67. The average Bonchev–Trinajstić information content (AvgIpc) is 2.89. The second-order valence-corrected chi connectivity index (χ2v) is 6.39. The molecule has 20 heavy (non-hydrogen) atoms. The monoisotopic (exact) mass is 302 g/mol. The molecule has 0 aliphatic carbocycles. The lowest BCUT2D eigenvalue weighted by Crippen LogP contribution is -2.55. The van der Waals surface area contributed by atoms with Crippen molar-refractivity contribution in [1.29, 1.82) is 0 Å². The second-order valence-electron chi connectivity index (χ2n) is 5.24. The maximum atomic E-state index is 12.7. The number of hydrogen-bond donors (Lipinski definition) is 1. The maximum Gasteiger partial charge on any atom is 0.320 e. The van der Waals surface area contributed by atoms with Crippen molar-refractivity contribution >= 4 is 23.8 Å². The van der Waals surface area contributed by atoms with Crippen molar-refractivity contribution in [3.63, 3.8) is 0 Å². The number of carboxylic acids is 1. The summed E-state index contributed by atoms with van der Waals surface area (Å²) in [6, 6.07) is -0.213. The van der Waals surface area contributed by atoms with E-state index in [4.69, 9.17) is 4.74 Å². The third kappa shape index (κ3) is 3.03. The average molecular weight is 302 g/mol. The fraction of sp³-hybridized carbons (Fsp3) is 0.846. The number of hydrogen-bond acceptors (Lipinski definition) is 4. The summed E-state index contributed by atoms with van der Waals surface area (Å²) in [6.07, 6.45) is 0. The topological polar surface area (TPSA) is 70.1 Å². The molecule has 0 aromatic heterocycles. The smallest absolute Gasteiger partial charge is 0.320 e. The molecule has 0 aromatic carbocycles. The Labute approximate surface area is 123 Å². The van der Waals surface area contributed by atoms with E-state index in [9.17, 15) is 14.7 Å². The fourth-order valence-electron chi connectivity index (χ4n) is 2.77. The number of nitrogens with zero attached hydrogens (tertiary/aromatic N) is 2. The van der Waals surface area contributed by atoms with Crippen molar-refractivity contribution in [1.82, 2.24) is 9.80 Å². The summed E-state index contributed by atoms with van der Waals surface area (Å²) in [4.78, 5) is 27.5. The number of rotatable bonds is 3. The number of carbonyl (C=O) groups excluding carboxylic acids is 1. The highest BCUT2D eigenvalue weighted by Crippen LogP contribution is 2.24. The lowest BCUT2D eigenvalue weighted by atomic mass is 10.0. The molecule has 2 aliphatic heterocycles. The number of carbonyl (C=O) groups is 2. The first-order valence-corrected chi connectivity index (χ1v) is 8.17. The minimum absolute atomic E-state index is 0.0537. The van der Waals surface area contributed by atoms with Crippen LogP contribution in [0.5, 0.6) is 0 Å². The number of urea groups is 1. The third-order valence-electron chi connectivity index (χ3n) is 3.97. The Hall–Kier alpha value is -0.950. The molecule has 2 saturated heterocycles.